The molecule has 120 valence electrons. The van der Waals surface area contributed by atoms with E-state index in [1.807, 2.05) is 37.3 Å². The van der Waals surface area contributed by atoms with Crippen molar-refractivity contribution in [2.75, 3.05) is 13.2 Å². The van der Waals surface area contributed by atoms with Gasteiger partial charge in [-0.1, -0.05) is 43.7 Å². The summed E-state index contributed by atoms with van der Waals surface area (Å²) in [6, 6.07) is 9.00. The third-order valence-corrected chi connectivity index (χ3v) is 3.71. The van der Waals surface area contributed by atoms with Crippen LogP contribution in [0.4, 0.5) is 4.79 Å². The minimum Gasteiger partial charge on any atom is -0.464 e. The number of ether oxygens (including phenoxy) is 2. The average Bonchev–Trinajstić information content (AvgIpc) is 3.03. The zero-order chi connectivity index (χ0) is 15.8. The molecule has 0 radical (unpaired) electrons. The zero-order valence-electron chi connectivity index (χ0n) is 13.0. The van der Waals surface area contributed by atoms with Gasteiger partial charge in [-0.2, -0.15) is 0 Å². The standard InChI is InChI=1S/C17H23NO4/c1-2-3-12-21-16(19)15-10-7-11-18(15)17(20)22-13-14-8-5-4-6-9-14/h4-6,8-9,15H,2-3,7,10-13H2,1H3/t15-/m0/s1. The van der Waals surface area contributed by atoms with E-state index in [2.05, 4.69) is 0 Å². The van der Waals surface area contributed by atoms with E-state index < -0.39 is 12.1 Å². The van der Waals surface area contributed by atoms with Crippen molar-refractivity contribution in [3.05, 3.63) is 35.9 Å². The highest BCUT2D eigenvalue weighted by atomic mass is 16.6. The summed E-state index contributed by atoms with van der Waals surface area (Å²) in [5.41, 5.74) is 0.928. The molecule has 0 unspecified atom stereocenters. The first kappa shape index (κ1) is 16.3. The molecule has 0 bridgehead atoms. The molecule has 5 nitrogen and oxygen atoms in total. The summed E-state index contributed by atoms with van der Waals surface area (Å²) in [7, 11) is 0. The molecule has 1 amide bonds. The van der Waals surface area contributed by atoms with Crippen molar-refractivity contribution in [1.29, 1.82) is 0 Å². The molecule has 1 fully saturated rings. The van der Waals surface area contributed by atoms with Crippen LogP contribution in [0.3, 0.4) is 0 Å². The predicted octanol–water partition coefficient (Wildman–Crippen LogP) is 3.13. The van der Waals surface area contributed by atoms with E-state index in [4.69, 9.17) is 9.47 Å². The van der Waals surface area contributed by atoms with E-state index in [0.29, 0.717) is 19.6 Å². The fourth-order valence-corrected chi connectivity index (χ4v) is 2.45. The van der Waals surface area contributed by atoms with Gasteiger partial charge < -0.3 is 9.47 Å². The molecule has 0 aliphatic carbocycles. The number of nitrogens with zero attached hydrogens (tertiary/aromatic N) is 1. The summed E-state index contributed by atoms with van der Waals surface area (Å²) in [5, 5.41) is 0. The topological polar surface area (TPSA) is 55.8 Å². The number of amides is 1. The van der Waals surface area contributed by atoms with E-state index in [9.17, 15) is 9.59 Å². The SMILES string of the molecule is CCCCOC(=O)[C@@H]1CCCN1C(=O)OCc1ccccc1. The molecule has 0 spiro atoms. The van der Waals surface area contributed by atoms with E-state index in [1.54, 1.807) is 0 Å². The van der Waals surface area contributed by atoms with Crippen LogP contribution in [0.1, 0.15) is 38.2 Å². The second-order valence-corrected chi connectivity index (χ2v) is 5.41. The summed E-state index contributed by atoms with van der Waals surface area (Å²) >= 11 is 0. The molecule has 1 atom stereocenters. The number of likely N-dealkylation sites (tertiary alicyclic amines) is 1. The Labute approximate surface area is 131 Å². The van der Waals surface area contributed by atoms with Crippen molar-refractivity contribution in [3.63, 3.8) is 0 Å². The first-order valence-electron chi connectivity index (χ1n) is 7.86. The number of hydrogen-bond acceptors (Lipinski definition) is 4. The molecule has 1 heterocycles. The lowest BCUT2D eigenvalue weighted by Crippen LogP contribution is -2.41. The minimum atomic E-state index is -0.500. The summed E-state index contributed by atoms with van der Waals surface area (Å²) in [6.07, 6.45) is 2.82. The summed E-state index contributed by atoms with van der Waals surface area (Å²) in [6.45, 7) is 3.21. The van der Waals surface area contributed by atoms with Crippen LogP contribution in [0.5, 0.6) is 0 Å². The summed E-state index contributed by atoms with van der Waals surface area (Å²) in [5.74, 6) is -0.317. The lowest BCUT2D eigenvalue weighted by Gasteiger charge is -2.22. The van der Waals surface area contributed by atoms with Crippen molar-refractivity contribution < 1.29 is 19.1 Å². The van der Waals surface area contributed by atoms with Gasteiger partial charge in [0.15, 0.2) is 0 Å². The lowest BCUT2D eigenvalue weighted by atomic mass is 10.2. The minimum absolute atomic E-state index is 0.216. The molecule has 1 aromatic rings. The molecule has 1 aliphatic rings. The second kappa shape index (κ2) is 8.41. The Morgan fingerprint density at radius 1 is 1.23 bits per heavy atom. The van der Waals surface area contributed by atoms with Gasteiger partial charge in [-0.25, -0.2) is 9.59 Å². The Hall–Kier alpha value is -2.04. The molecule has 1 saturated heterocycles. The summed E-state index contributed by atoms with van der Waals surface area (Å²) < 4.78 is 10.5. The van der Waals surface area contributed by atoms with Gasteiger partial charge in [0.05, 0.1) is 6.61 Å². The van der Waals surface area contributed by atoms with E-state index in [-0.39, 0.29) is 12.6 Å². The number of esters is 1. The number of benzene rings is 1. The molecule has 0 aromatic heterocycles. The highest BCUT2D eigenvalue weighted by Gasteiger charge is 2.36. The third kappa shape index (κ3) is 4.48. The van der Waals surface area contributed by atoms with Crippen molar-refractivity contribution >= 4 is 12.1 Å². The molecule has 1 aliphatic heterocycles. The largest absolute Gasteiger partial charge is 0.464 e. The molecular weight excluding hydrogens is 282 g/mol. The Morgan fingerprint density at radius 2 is 2.00 bits per heavy atom. The van der Waals surface area contributed by atoms with Gasteiger partial charge in [0.1, 0.15) is 12.6 Å². The van der Waals surface area contributed by atoms with Crippen LogP contribution >= 0.6 is 0 Å². The first-order chi connectivity index (χ1) is 10.7. The third-order valence-electron chi connectivity index (χ3n) is 3.71. The maximum atomic E-state index is 12.2. The van der Waals surface area contributed by atoms with E-state index in [1.165, 1.54) is 4.90 Å². The monoisotopic (exact) mass is 305 g/mol. The number of carbonyl (C=O) groups is 2. The highest BCUT2D eigenvalue weighted by molar-refractivity contribution is 5.82. The highest BCUT2D eigenvalue weighted by Crippen LogP contribution is 2.20. The van der Waals surface area contributed by atoms with Crippen molar-refractivity contribution in [2.45, 2.75) is 45.3 Å². The molecule has 0 saturated carbocycles. The molecular formula is C17H23NO4. The average molecular weight is 305 g/mol. The van der Waals surface area contributed by atoms with Crippen LogP contribution in [-0.4, -0.2) is 36.2 Å². The Balaban J connectivity index is 1.84. The predicted molar refractivity (Wildman–Crippen MR) is 82.2 cm³/mol. The Morgan fingerprint density at radius 3 is 2.73 bits per heavy atom. The molecule has 0 N–H and O–H groups in total. The van der Waals surface area contributed by atoms with Gasteiger partial charge in [-0.05, 0) is 24.8 Å². The van der Waals surface area contributed by atoms with E-state index >= 15 is 0 Å². The van der Waals surface area contributed by atoms with Gasteiger partial charge in [0.25, 0.3) is 0 Å². The van der Waals surface area contributed by atoms with Crippen LogP contribution < -0.4 is 0 Å². The van der Waals surface area contributed by atoms with Crippen LogP contribution in [0.25, 0.3) is 0 Å². The first-order valence-corrected chi connectivity index (χ1v) is 7.86. The zero-order valence-corrected chi connectivity index (χ0v) is 13.0. The van der Waals surface area contributed by atoms with Gasteiger partial charge >= 0.3 is 12.1 Å². The van der Waals surface area contributed by atoms with Crippen molar-refractivity contribution in [2.24, 2.45) is 0 Å². The van der Waals surface area contributed by atoms with Gasteiger partial charge in [-0.3, -0.25) is 4.90 Å². The lowest BCUT2D eigenvalue weighted by molar-refractivity contribution is -0.148. The van der Waals surface area contributed by atoms with Crippen LogP contribution in [-0.2, 0) is 20.9 Å². The number of carbonyl (C=O) groups excluding carboxylic acids is 2. The fraction of sp³-hybridized carbons (Fsp3) is 0.529. The van der Waals surface area contributed by atoms with Crippen molar-refractivity contribution in [3.8, 4) is 0 Å². The quantitative estimate of drug-likeness (QED) is 0.598. The molecule has 5 heteroatoms. The van der Waals surface area contributed by atoms with E-state index in [0.717, 1.165) is 24.8 Å². The van der Waals surface area contributed by atoms with Crippen LogP contribution in [0.15, 0.2) is 30.3 Å². The second-order valence-electron chi connectivity index (χ2n) is 5.41. The van der Waals surface area contributed by atoms with Gasteiger partial charge in [0, 0.05) is 6.54 Å². The van der Waals surface area contributed by atoms with Crippen LogP contribution in [0, 0.1) is 0 Å². The number of rotatable bonds is 6. The summed E-state index contributed by atoms with van der Waals surface area (Å²) in [4.78, 5) is 25.7. The number of hydrogen-bond donors (Lipinski definition) is 0. The number of unbranched alkanes of at least 4 members (excludes halogenated alkanes) is 1. The Bertz CT molecular complexity index is 489. The maximum Gasteiger partial charge on any atom is 0.410 e. The van der Waals surface area contributed by atoms with Gasteiger partial charge in [-0.15, -0.1) is 0 Å². The van der Waals surface area contributed by atoms with Gasteiger partial charge in [0.2, 0.25) is 0 Å². The molecule has 1 aromatic carbocycles. The maximum absolute atomic E-state index is 12.2. The smallest absolute Gasteiger partial charge is 0.410 e. The normalized spacial score (nSPS) is 17.3. The molecule has 2 rings (SSSR count). The van der Waals surface area contributed by atoms with Crippen molar-refractivity contribution in [1.82, 2.24) is 4.90 Å². The van der Waals surface area contributed by atoms with Crippen LogP contribution in [0.2, 0.25) is 0 Å². The Kier molecular flexibility index (Phi) is 6.25. The molecule has 22 heavy (non-hydrogen) atoms. The fourth-order valence-electron chi connectivity index (χ4n) is 2.45.